The zero-order chi connectivity index (χ0) is 22.6. The first-order valence-corrected chi connectivity index (χ1v) is 13.5. The van der Waals surface area contributed by atoms with Crippen LogP contribution in [-0.2, 0) is 4.74 Å². The molecule has 0 heterocycles. The Kier molecular flexibility index (Phi) is 7.71. The molecule has 0 aliphatic rings. The van der Waals surface area contributed by atoms with E-state index in [0.717, 1.165) is 23.4 Å². The van der Waals surface area contributed by atoms with Gasteiger partial charge in [0.1, 0.15) is 11.6 Å². The Hall–Kier alpha value is -2.32. The van der Waals surface area contributed by atoms with Crippen molar-refractivity contribution in [3.8, 4) is 11.1 Å². The molecule has 0 aliphatic heterocycles. The van der Waals surface area contributed by atoms with Crippen LogP contribution < -0.4 is 5.19 Å². The van der Waals surface area contributed by atoms with Crippen molar-refractivity contribution < 1.29 is 18.3 Å². The Labute approximate surface area is 181 Å². The standard InChI is InChI=1S/C21H26ClF2N3O2Si/c1-7-27(8-2)26-25-19-18(13-9-14(23)11-15(24)10-13)16(21(28)29-3)12-17(22)20(19)30(4,5)6/h9-12H,7-8H2,1-6H3/b26-25+. The second-order valence-electron chi connectivity index (χ2n) is 7.73. The summed E-state index contributed by atoms with van der Waals surface area (Å²) in [6.45, 7) is 11.3. The molecule has 0 spiro atoms. The first-order chi connectivity index (χ1) is 14.0. The molecule has 0 radical (unpaired) electrons. The second kappa shape index (κ2) is 9.66. The zero-order valence-corrected chi connectivity index (χ0v) is 19.8. The van der Waals surface area contributed by atoms with Gasteiger partial charge in [0.05, 0.1) is 26.4 Å². The summed E-state index contributed by atoms with van der Waals surface area (Å²) in [5.74, 6) is -2.22. The van der Waals surface area contributed by atoms with E-state index in [1.54, 1.807) is 5.01 Å². The molecule has 162 valence electrons. The van der Waals surface area contributed by atoms with Gasteiger partial charge in [-0.05, 0) is 42.8 Å². The van der Waals surface area contributed by atoms with E-state index in [2.05, 4.69) is 30.0 Å². The summed E-state index contributed by atoms with van der Waals surface area (Å²) in [5.41, 5.74) is 0.817. The molecule has 0 atom stereocenters. The van der Waals surface area contributed by atoms with Crippen molar-refractivity contribution in [2.24, 2.45) is 10.3 Å². The molecule has 0 aliphatic carbocycles. The molecule has 2 aromatic carbocycles. The maximum Gasteiger partial charge on any atom is 0.338 e. The van der Waals surface area contributed by atoms with Gasteiger partial charge in [-0.25, -0.2) is 13.6 Å². The van der Waals surface area contributed by atoms with Crippen molar-refractivity contribution in [3.63, 3.8) is 0 Å². The number of hydrogen-bond donors (Lipinski definition) is 0. The third kappa shape index (κ3) is 5.23. The van der Waals surface area contributed by atoms with Crippen LogP contribution in [0.3, 0.4) is 0 Å². The van der Waals surface area contributed by atoms with Crippen LogP contribution in [0.25, 0.3) is 11.1 Å². The van der Waals surface area contributed by atoms with Gasteiger partial charge >= 0.3 is 5.97 Å². The lowest BCUT2D eigenvalue weighted by Crippen LogP contribution is -2.39. The highest BCUT2D eigenvalue weighted by Crippen LogP contribution is 2.38. The molecular weight excluding hydrogens is 428 g/mol. The monoisotopic (exact) mass is 453 g/mol. The van der Waals surface area contributed by atoms with E-state index in [4.69, 9.17) is 16.3 Å². The minimum Gasteiger partial charge on any atom is -0.465 e. The third-order valence-corrected chi connectivity index (χ3v) is 7.02. The predicted octanol–water partition coefficient (Wildman–Crippen LogP) is 5.96. The molecule has 5 nitrogen and oxygen atoms in total. The molecule has 2 aromatic rings. The highest BCUT2D eigenvalue weighted by Gasteiger charge is 2.30. The Balaban J connectivity index is 3.01. The normalized spacial score (nSPS) is 11.8. The van der Waals surface area contributed by atoms with Crippen LogP contribution >= 0.6 is 11.6 Å². The molecule has 0 amide bonds. The number of rotatable bonds is 7. The maximum absolute atomic E-state index is 14.1. The molecule has 0 bridgehead atoms. The molecule has 0 aromatic heterocycles. The predicted molar refractivity (Wildman–Crippen MR) is 119 cm³/mol. The van der Waals surface area contributed by atoms with E-state index < -0.39 is 25.7 Å². The highest BCUT2D eigenvalue weighted by molar-refractivity contribution is 6.91. The van der Waals surface area contributed by atoms with Crippen LogP contribution in [0.15, 0.2) is 34.6 Å². The fraction of sp³-hybridized carbons (Fsp3) is 0.381. The van der Waals surface area contributed by atoms with Crippen LogP contribution in [-0.4, -0.2) is 39.3 Å². The average molecular weight is 454 g/mol. The lowest BCUT2D eigenvalue weighted by Gasteiger charge is -2.24. The molecule has 9 heteroatoms. The fourth-order valence-electron chi connectivity index (χ4n) is 3.17. The quantitative estimate of drug-likeness (QED) is 0.225. The number of nitrogens with zero attached hydrogens (tertiary/aromatic N) is 3. The molecule has 0 saturated heterocycles. The van der Waals surface area contributed by atoms with Gasteiger partial charge in [0.2, 0.25) is 0 Å². The van der Waals surface area contributed by atoms with Crippen LogP contribution in [0.2, 0.25) is 24.7 Å². The highest BCUT2D eigenvalue weighted by atomic mass is 35.5. The van der Waals surface area contributed by atoms with E-state index in [-0.39, 0.29) is 16.7 Å². The summed E-state index contributed by atoms with van der Waals surface area (Å²) in [5, 5.41) is 11.5. The number of carbonyl (C=O) groups is 1. The van der Waals surface area contributed by atoms with Crippen molar-refractivity contribution >= 4 is 36.5 Å². The van der Waals surface area contributed by atoms with Gasteiger partial charge in [-0.2, -0.15) is 0 Å². The van der Waals surface area contributed by atoms with E-state index >= 15 is 0 Å². The Morgan fingerprint density at radius 2 is 1.67 bits per heavy atom. The van der Waals surface area contributed by atoms with E-state index in [1.807, 2.05) is 13.8 Å². The first-order valence-electron chi connectivity index (χ1n) is 9.61. The zero-order valence-electron chi connectivity index (χ0n) is 18.0. The van der Waals surface area contributed by atoms with Crippen molar-refractivity contribution in [3.05, 3.63) is 46.5 Å². The van der Waals surface area contributed by atoms with Gasteiger partial charge in [0.15, 0.2) is 0 Å². The lowest BCUT2D eigenvalue weighted by molar-refractivity contribution is 0.0601. The summed E-state index contributed by atoms with van der Waals surface area (Å²) in [6, 6.07) is 4.57. The van der Waals surface area contributed by atoms with Gasteiger partial charge < -0.3 is 4.74 Å². The number of benzene rings is 2. The van der Waals surface area contributed by atoms with E-state index in [0.29, 0.717) is 23.8 Å². The van der Waals surface area contributed by atoms with Crippen molar-refractivity contribution in [1.29, 1.82) is 0 Å². The summed E-state index contributed by atoms with van der Waals surface area (Å²) in [4.78, 5) is 12.6. The number of ether oxygens (including phenoxy) is 1. The summed E-state index contributed by atoms with van der Waals surface area (Å²) in [7, 11) is -0.886. The largest absolute Gasteiger partial charge is 0.465 e. The van der Waals surface area contributed by atoms with Gasteiger partial charge in [-0.1, -0.05) is 36.5 Å². The summed E-state index contributed by atoms with van der Waals surface area (Å²) < 4.78 is 33.0. The van der Waals surface area contributed by atoms with Gasteiger partial charge in [-0.15, -0.1) is 5.11 Å². The van der Waals surface area contributed by atoms with Crippen molar-refractivity contribution in [1.82, 2.24) is 5.01 Å². The fourth-order valence-corrected chi connectivity index (χ4v) is 5.89. The minimum atomic E-state index is -2.12. The lowest BCUT2D eigenvalue weighted by atomic mass is 9.97. The van der Waals surface area contributed by atoms with E-state index in [9.17, 15) is 13.6 Å². The molecular formula is C21H26ClF2N3O2Si. The Morgan fingerprint density at radius 3 is 2.13 bits per heavy atom. The molecule has 0 saturated carbocycles. The molecule has 0 unspecified atom stereocenters. The van der Waals surface area contributed by atoms with E-state index in [1.165, 1.54) is 13.2 Å². The van der Waals surface area contributed by atoms with Gasteiger partial charge in [0, 0.05) is 29.7 Å². The average Bonchev–Trinajstić information content (AvgIpc) is 2.65. The summed E-state index contributed by atoms with van der Waals surface area (Å²) in [6.07, 6.45) is 0. The molecule has 2 rings (SSSR count). The minimum absolute atomic E-state index is 0.0722. The number of methoxy groups -OCH3 is 1. The van der Waals surface area contributed by atoms with Gasteiger partial charge in [-0.3, -0.25) is 5.01 Å². The maximum atomic E-state index is 14.1. The number of esters is 1. The number of carbonyl (C=O) groups excluding carboxylic acids is 1. The topological polar surface area (TPSA) is 54.3 Å². The smallest absolute Gasteiger partial charge is 0.338 e. The molecule has 30 heavy (non-hydrogen) atoms. The SMILES string of the molecule is CCN(CC)/N=N/c1c(-c2cc(F)cc(F)c2)c(C(=O)OC)cc(Cl)c1[Si](C)(C)C. The van der Waals surface area contributed by atoms with Crippen LogP contribution in [0.1, 0.15) is 24.2 Å². The van der Waals surface area contributed by atoms with Crippen molar-refractivity contribution in [2.75, 3.05) is 20.2 Å². The van der Waals surface area contributed by atoms with Crippen LogP contribution in [0, 0.1) is 11.6 Å². The number of halogens is 3. The first kappa shape index (κ1) is 24.0. The van der Waals surface area contributed by atoms with Gasteiger partial charge in [0.25, 0.3) is 0 Å². The Morgan fingerprint density at radius 1 is 1.10 bits per heavy atom. The van der Waals surface area contributed by atoms with Crippen molar-refractivity contribution in [2.45, 2.75) is 33.5 Å². The molecule has 0 fully saturated rings. The second-order valence-corrected chi connectivity index (χ2v) is 13.1. The third-order valence-electron chi connectivity index (χ3n) is 4.56. The molecule has 0 N–H and O–H groups in total. The Bertz CT molecular complexity index is 953. The van der Waals surface area contributed by atoms with Crippen LogP contribution in [0.5, 0.6) is 0 Å². The van der Waals surface area contributed by atoms with Crippen LogP contribution in [0.4, 0.5) is 14.5 Å². The number of hydrogen-bond acceptors (Lipinski definition) is 4. The summed E-state index contributed by atoms with van der Waals surface area (Å²) >= 11 is 6.59.